The van der Waals surface area contributed by atoms with E-state index in [0.717, 1.165) is 16.8 Å². The van der Waals surface area contributed by atoms with E-state index in [4.69, 9.17) is 9.57 Å². The van der Waals surface area contributed by atoms with Crippen LogP contribution in [0.1, 0.15) is 43.5 Å². The Hall–Kier alpha value is -2.75. The summed E-state index contributed by atoms with van der Waals surface area (Å²) in [5.41, 5.74) is 2.18. The van der Waals surface area contributed by atoms with Gasteiger partial charge in [0.05, 0.1) is 24.9 Å². The molecular formula is C24H32BN3O5. The highest BCUT2D eigenvalue weighted by molar-refractivity contribution is 6.43. The predicted octanol–water partition coefficient (Wildman–Crippen LogP) is 2.21. The Bertz CT molecular complexity index is 954. The van der Waals surface area contributed by atoms with Crippen molar-refractivity contribution in [3.8, 4) is 0 Å². The summed E-state index contributed by atoms with van der Waals surface area (Å²) in [7, 11) is -1.67. The number of amides is 1. The summed E-state index contributed by atoms with van der Waals surface area (Å²) in [5.74, 6) is -1.05. The SMILES string of the molecule is Cc1cc(COCC2=NOC(Cc3ccccc3)(C(=O)NC(CC(C)C)B(O)O)C2)ccn1. The van der Waals surface area contributed by atoms with Gasteiger partial charge in [-0.2, -0.15) is 0 Å². The van der Waals surface area contributed by atoms with E-state index in [0.29, 0.717) is 25.2 Å². The molecule has 3 N–H and O–H groups in total. The number of carbonyl (C=O) groups is 1. The highest BCUT2D eigenvalue weighted by Gasteiger charge is 2.48. The number of carbonyl (C=O) groups excluding carboxylic acids is 1. The molecule has 9 heteroatoms. The fourth-order valence-corrected chi connectivity index (χ4v) is 3.89. The standard InChI is InChI=1S/C24H32BN3O5/c1-17(2)11-22(25(30)31)27-23(29)24(13-19-7-5-4-6-8-19)14-21(28-33-24)16-32-15-20-9-10-26-18(3)12-20/h4-10,12,17,22,30-31H,11,13-16H2,1-3H3,(H,27,29). The zero-order valence-corrected chi connectivity index (χ0v) is 19.4. The number of oxime groups is 1. The number of ether oxygens (including phenoxy) is 1. The lowest BCUT2D eigenvalue weighted by molar-refractivity contribution is -0.144. The first kappa shape index (κ1) is 24.9. The number of hydrogen-bond acceptors (Lipinski definition) is 7. The third kappa shape index (κ3) is 7.12. The minimum Gasteiger partial charge on any atom is -0.426 e. The molecule has 2 heterocycles. The molecule has 176 valence electrons. The number of benzene rings is 1. The van der Waals surface area contributed by atoms with Gasteiger partial charge >= 0.3 is 7.12 Å². The average Bonchev–Trinajstić information content (AvgIpc) is 3.17. The lowest BCUT2D eigenvalue weighted by Gasteiger charge is -2.29. The van der Waals surface area contributed by atoms with Crippen molar-refractivity contribution in [3.05, 3.63) is 65.5 Å². The van der Waals surface area contributed by atoms with Gasteiger partial charge < -0.3 is 24.9 Å². The lowest BCUT2D eigenvalue weighted by Crippen LogP contribution is -2.56. The van der Waals surface area contributed by atoms with Gasteiger partial charge in [0.25, 0.3) is 5.91 Å². The molecule has 1 aliphatic heterocycles. The number of nitrogens with zero attached hydrogens (tertiary/aromatic N) is 2. The zero-order valence-electron chi connectivity index (χ0n) is 19.4. The molecule has 0 saturated carbocycles. The van der Waals surface area contributed by atoms with Gasteiger partial charge in [-0.15, -0.1) is 0 Å². The molecular weight excluding hydrogens is 421 g/mol. The number of hydrogen-bond donors (Lipinski definition) is 3. The van der Waals surface area contributed by atoms with Crippen LogP contribution in [0.25, 0.3) is 0 Å². The van der Waals surface area contributed by atoms with E-state index in [9.17, 15) is 14.8 Å². The van der Waals surface area contributed by atoms with Gasteiger partial charge in [-0.25, -0.2) is 0 Å². The van der Waals surface area contributed by atoms with Crippen LogP contribution in [-0.4, -0.2) is 51.9 Å². The third-order valence-electron chi connectivity index (χ3n) is 5.49. The van der Waals surface area contributed by atoms with Crippen LogP contribution in [0.5, 0.6) is 0 Å². The summed E-state index contributed by atoms with van der Waals surface area (Å²) in [6.45, 7) is 6.45. The molecule has 2 aromatic rings. The van der Waals surface area contributed by atoms with Crippen LogP contribution in [0.3, 0.4) is 0 Å². The van der Waals surface area contributed by atoms with E-state index in [1.807, 2.05) is 63.2 Å². The van der Waals surface area contributed by atoms with Crippen LogP contribution in [0.2, 0.25) is 0 Å². The summed E-state index contributed by atoms with van der Waals surface area (Å²) < 4.78 is 5.80. The highest BCUT2D eigenvalue weighted by atomic mass is 16.7. The summed E-state index contributed by atoms with van der Waals surface area (Å²) in [6, 6.07) is 13.4. The first-order valence-corrected chi connectivity index (χ1v) is 11.2. The van der Waals surface area contributed by atoms with Crippen LogP contribution in [0, 0.1) is 12.8 Å². The Morgan fingerprint density at radius 3 is 2.64 bits per heavy atom. The van der Waals surface area contributed by atoms with Gasteiger partial charge in [0, 0.05) is 24.7 Å². The number of aryl methyl sites for hydroxylation is 1. The normalized spacial score (nSPS) is 18.5. The molecule has 1 amide bonds. The van der Waals surface area contributed by atoms with Gasteiger partial charge in [0.2, 0.25) is 5.60 Å². The Morgan fingerprint density at radius 2 is 1.97 bits per heavy atom. The minimum absolute atomic E-state index is 0.170. The van der Waals surface area contributed by atoms with E-state index >= 15 is 0 Å². The van der Waals surface area contributed by atoms with Crippen molar-refractivity contribution in [2.24, 2.45) is 11.1 Å². The van der Waals surface area contributed by atoms with Gasteiger partial charge in [0.1, 0.15) is 0 Å². The maximum absolute atomic E-state index is 13.4. The Labute approximate surface area is 195 Å². The van der Waals surface area contributed by atoms with Crippen LogP contribution >= 0.6 is 0 Å². The molecule has 0 aliphatic carbocycles. The van der Waals surface area contributed by atoms with Crippen molar-refractivity contribution < 1.29 is 24.4 Å². The van der Waals surface area contributed by atoms with Gasteiger partial charge in [-0.3, -0.25) is 9.78 Å². The number of nitrogens with one attached hydrogen (secondary N) is 1. The first-order valence-electron chi connectivity index (χ1n) is 11.2. The Morgan fingerprint density at radius 1 is 1.21 bits per heavy atom. The highest BCUT2D eigenvalue weighted by Crippen LogP contribution is 2.29. The van der Waals surface area contributed by atoms with Gasteiger partial charge in [0.15, 0.2) is 0 Å². The molecule has 33 heavy (non-hydrogen) atoms. The van der Waals surface area contributed by atoms with Crippen molar-refractivity contribution in [1.82, 2.24) is 10.3 Å². The van der Waals surface area contributed by atoms with Crippen molar-refractivity contribution in [2.75, 3.05) is 6.61 Å². The summed E-state index contributed by atoms with van der Waals surface area (Å²) in [6.07, 6.45) is 2.71. The number of aromatic nitrogens is 1. The third-order valence-corrected chi connectivity index (χ3v) is 5.49. The molecule has 0 saturated heterocycles. The maximum atomic E-state index is 13.4. The van der Waals surface area contributed by atoms with E-state index in [1.54, 1.807) is 6.20 Å². The molecule has 0 bridgehead atoms. The lowest BCUT2D eigenvalue weighted by atomic mass is 9.74. The second-order valence-corrected chi connectivity index (χ2v) is 9.00. The maximum Gasteiger partial charge on any atom is 0.475 e. The zero-order chi connectivity index (χ0) is 23.8. The summed E-state index contributed by atoms with van der Waals surface area (Å²) >= 11 is 0. The molecule has 2 unspecified atom stereocenters. The molecule has 8 nitrogen and oxygen atoms in total. The average molecular weight is 453 g/mol. The largest absolute Gasteiger partial charge is 0.475 e. The fourth-order valence-electron chi connectivity index (χ4n) is 3.89. The monoisotopic (exact) mass is 453 g/mol. The van der Waals surface area contributed by atoms with E-state index in [1.165, 1.54) is 0 Å². The quantitative estimate of drug-likeness (QED) is 0.450. The van der Waals surface area contributed by atoms with Crippen LogP contribution in [0.4, 0.5) is 0 Å². The van der Waals surface area contributed by atoms with Crippen molar-refractivity contribution in [3.63, 3.8) is 0 Å². The molecule has 3 rings (SSSR count). The summed E-state index contributed by atoms with van der Waals surface area (Å²) in [4.78, 5) is 23.3. The van der Waals surface area contributed by atoms with Crippen LogP contribution in [-0.2, 0) is 27.4 Å². The first-order chi connectivity index (χ1) is 15.8. The smallest absolute Gasteiger partial charge is 0.426 e. The molecule has 0 spiro atoms. The second-order valence-electron chi connectivity index (χ2n) is 9.00. The van der Waals surface area contributed by atoms with E-state index in [-0.39, 0.29) is 18.9 Å². The molecule has 2 atom stereocenters. The molecule has 1 aliphatic rings. The van der Waals surface area contributed by atoms with Crippen molar-refractivity contribution in [1.29, 1.82) is 0 Å². The Kier molecular flexibility index (Phi) is 8.60. The molecule has 1 aromatic carbocycles. The summed E-state index contributed by atoms with van der Waals surface area (Å²) in [5, 5.41) is 26.5. The number of pyridine rings is 1. The van der Waals surface area contributed by atoms with Gasteiger partial charge in [-0.1, -0.05) is 49.3 Å². The predicted molar refractivity (Wildman–Crippen MR) is 126 cm³/mol. The van der Waals surface area contributed by atoms with Crippen LogP contribution < -0.4 is 5.32 Å². The van der Waals surface area contributed by atoms with Crippen LogP contribution in [0.15, 0.2) is 53.8 Å². The van der Waals surface area contributed by atoms with E-state index in [2.05, 4.69) is 15.5 Å². The minimum atomic E-state index is -1.67. The molecule has 1 aromatic heterocycles. The number of rotatable bonds is 11. The topological polar surface area (TPSA) is 113 Å². The van der Waals surface area contributed by atoms with E-state index < -0.39 is 24.6 Å². The Balaban J connectivity index is 1.69. The molecule has 0 radical (unpaired) electrons. The van der Waals surface area contributed by atoms with Crippen molar-refractivity contribution >= 4 is 18.7 Å². The fraction of sp³-hybridized carbons (Fsp3) is 0.458. The second kappa shape index (κ2) is 11.4. The van der Waals surface area contributed by atoms with Crippen molar-refractivity contribution in [2.45, 2.75) is 58.2 Å². The van der Waals surface area contributed by atoms with Gasteiger partial charge in [-0.05, 0) is 42.5 Å². The molecule has 0 fully saturated rings.